The lowest BCUT2D eigenvalue weighted by Crippen LogP contribution is -2.17. The second kappa shape index (κ2) is 10.6. The average molecular weight is 554 g/mol. The van der Waals surface area contributed by atoms with Crippen LogP contribution in [-0.2, 0) is 6.73 Å². The first-order chi connectivity index (χ1) is 18.3. The van der Waals surface area contributed by atoms with Crippen LogP contribution in [0.5, 0.6) is 5.75 Å². The molecule has 0 aliphatic rings. The molecule has 2 aromatic carbocycles. The summed E-state index contributed by atoms with van der Waals surface area (Å²) in [4.78, 5) is 29.6. The molecule has 3 aromatic heterocycles. The maximum Gasteiger partial charge on any atom is 0.280 e. The highest BCUT2D eigenvalue weighted by molar-refractivity contribution is 7.21. The van der Waals surface area contributed by atoms with Gasteiger partial charge >= 0.3 is 0 Å². The smallest absolute Gasteiger partial charge is 0.280 e. The van der Waals surface area contributed by atoms with Gasteiger partial charge in [-0.2, -0.15) is 5.10 Å². The van der Waals surface area contributed by atoms with Gasteiger partial charge in [0.15, 0.2) is 12.4 Å². The summed E-state index contributed by atoms with van der Waals surface area (Å²) in [5.41, 5.74) is 6.24. The first-order valence-corrected chi connectivity index (χ1v) is 12.3. The molecule has 192 valence electrons. The Balaban J connectivity index is 1.49. The van der Waals surface area contributed by atoms with Crippen LogP contribution in [0.1, 0.15) is 32.3 Å². The van der Waals surface area contributed by atoms with E-state index in [-0.39, 0.29) is 27.8 Å². The van der Waals surface area contributed by atoms with Gasteiger partial charge in [-0.1, -0.05) is 48.0 Å². The average Bonchev–Trinajstić information content (AvgIpc) is 3.53. The third-order valence-electron chi connectivity index (χ3n) is 5.49. The fraction of sp³-hybridized carbons (Fsp3) is 0.0769. The lowest BCUT2D eigenvalue weighted by atomic mass is 10.0. The van der Waals surface area contributed by atoms with Crippen molar-refractivity contribution in [2.45, 2.75) is 13.2 Å². The molecule has 0 saturated heterocycles. The summed E-state index contributed by atoms with van der Waals surface area (Å²) in [6, 6.07) is 18.3. The predicted molar refractivity (Wildman–Crippen MR) is 141 cm³/mol. The highest BCUT2D eigenvalue weighted by Crippen LogP contribution is 2.42. The number of pyridine rings is 1. The molecule has 5 aromatic rings. The van der Waals surface area contributed by atoms with Crippen molar-refractivity contribution in [2.75, 3.05) is 5.32 Å². The van der Waals surface area contributed by atoms with E-state index in [2.05, 4.69) is 15.4 Å². The lowest BCUT2D eigenvalue weighted by Gasteiger charge is -2.10. The standard InChI is InChI=1S/C26H18ClF2N5O3S/c27-15-7-4-8-16(11-15)37-13-34-10-9-18(33-34)25(36)32-21-20-17(14-5-2-1-3-6-14)12-19(23(28)29)31-26(20)38-22(21)24(30)35/h1-12,23H,13H2,(H2,30,35)(H,32,36). The Hall–Kier alpha value is -4.35. The number of nitrogens with one attached hydrogen (secondary N) is 1. The normalized spacial score (nSPS) is 11.2. The number of nitrogens with zero attached hydrogens (tertiary/aromatic N) is 3. The number of halogens is 3. The van der Waals surface area contributed by atoms with Crippen LogP contribution in [0.15, 0.2) is 72.9 Å². The molecule has 3 N–H and O–H groups in total. The Labute approximate surface area is 223 Å². The molecule has 5 rings (SSSR count). The van der Waals surface area contributed by atoms with Crippen LogP contribution in [0.25, 0.3) is 21.3 Å². The summed E-state index contributed by atoms with van der Waals surface area (Å²) in [6.45, 7) is 0.0139. The number of benzene rings is 2. The van der Waals surface area contributed by atoms with E-state index in [1.165, 1.54) is 16.8 Å². The molecule has 0 atom stereocenters. The van der Waals surface area contributed by atoms with E-state index >= 15 is 0 Å². The van der Waals surface area contributed by atoms with Crippen LogP contribution in [-0.4, -0.2) is 26.6 Å². The molecule has 0 saturated carbocycles. The van der Waals surface area contributed by atoms with Gasteiger partial charge in [0.2, 0.25) is 0 Å². The minimum atomic E-state index is -2.84. The van der Waals surface area contributed by atoms with Crippen molar-refractivity contribution in [3.05, 3.63) is 94.2 Å². The van der Waals surface area contributed by atoms with Crippen LogP contribution in [0.3, 0.4) is 0 Å². The predicted octanol–water partition coefficient (Wildman–Crippen LogP) is 6.14. The number of fused-ring (bicyclic) bond motifs is 1. The largest absolute Gasteiger partial charge is 0.471 e. The van der Waals surface area contributed by atoms with E-state index in [9.17, 15) is 18.4 Å². The van der Waals surface area contributed by atoms with Gasteiger partial charge in [0.25, 0.3) is 18.2 Å². The van der Waals surface area contributed by atoms with Crippen molar-refractivity contribution in [1.82, 2.24) is 14.8 Å². The number of rotatable bonds is 8. The monoisotopic (exact) mass is 553 g/mol. The minimum absolute atomic E-state index is 0.0139. The molecule has 12 heteroatoms. The van der Waals surface area contributed by atoms with E-state index in [1.54, 1.807) is 60.8 Å². The van der Waals surface area contributed by atoms with Crippen LogP contribution >= 0.6 is 22.9 Å². The number of ether oxygens (including phenoxy) is 1. The fourth-order valence-electron chi connectivity index (χ4n) is 3.80. The van der Waals surface area contributed by atoms with Crippen molar-refractivity contribution in [3.63, 3.8) is 0 Å². The Morgan fingerprint density at radius 3 is 2.61 bits per heavy atom. The number of carbonyl (C=O) groups is 2. The summed E-state index contributed by atoms with van der Waals surface area (Å²) < 4.78 is 34.3. The molecule has 0 aliphatic carbocycles. The van der Waals surface area contributed by atoms with Crippen LogP contribution < -0.4 is 15.8 Å². The Morgan fingerprint density at radius 1 is 1.11 bits per heavy atom. The number of carbonyl (C=O) groups excluding carboxylic acids is 2. The molecule has 0 aliphatic heterocycles. The highest BCUT2D eigenvalue weighted by Gasteiger charge is 2.25. The van der Waals surface area contributed by atoms with E-state index in [0.717, 1.165) is 11.3 Å². The first-order valence-electron chi connectivity index (χ1n) is 11.1. The van der Waals surface area contributed by atoms with Gasteiger partial charge in [-0.3, -0.25) is 9.59 Å². The van der Waals surface area contributed by atoms with Crippen molar-refractivity contribution < 1.29 is 23.1 Å². The van der Waals surface area contributed by atoms with Gasteiger partial charge in [0, 0.05) is 16.6 Å². The quantitative estimate of drug-likeness (QED) is 0.240. The summed E-state index contributed by atoms with van der Waals surface area (Å²) in [5, 5.41) is 7.76. The van der Waals surface area contributed by atoms with Gasteiger partial charge in [-0.05, 0) is 41.5 Å². The maximum atomic E-state index is 13.6. The zero-order valence-electron chi connectivity index (χ0n) is 19.4. The first kappa shape index (κ1) is 25.3. The number of primary amides is 1. The van der Waals surface area contributed by atoms with E-state index in [0.29, 0.717) is 27.3 Å². The number of nitrogens with two attached hydrogens (primary N) is 1. The second-order valence-corrected chi connectivity index (χ2v) is 9.47. The summed E-state index contributed by atoms with van der Waals surface area (Å²) in [7, 11) is 0. The van der Waals surface area contributed by atoms with Crippen LogP contribution in [0, 0.1) is 0 Å². The third-order valence-corrected chi connectivity index (χ3v) is 6.82. The number of anilines is 1. The van der Waals surface area contributed by atoms with E-state index < -0.39 is 23.9 Å². The molecule has 2 amide bonds. The Bertz CT molecular complexity index is 1660. The molecular formula is C26H18ClF2N5O3S. The molecule has 8 nitrogen and oxygen atoms in total. The van der Waals surface area contributed by atoms with Gasteiger partial charge in [0.05, 0.1) is 5.69 Å². The van der Waals surface area contributed by atoms with Crippen molar-refractivity contribution in [2.24, 2.45) is 5.73 Å². The van der Waals surface area contributed by atoms with Crippen molar-refractivity contribution in [1.29, 1.82) is 0 Å². The Morgan fingerprint density at radius 2 is 1.89 bits per heavy atom. The van der Waals surface area contributed by atoms with Crippen molar-refractivity contribution >= 4 is 50.7 Å². The number of hydrogen-bond acceptors (Lipinski definition) is 6. The van der Waals surface area contributed by atoms with E-state index in [1.807, 2.05) is 0 Å². The summed E-state index contributed by atoms with van der Waals surface area (Å²) >= 11 is 6.79. The fourth-order valence-corrected chi connectivity index (χ4v) is 4.99. The van der Waals surface area contributed by atoms with Crippen LogP contribution in [0.2, 0.25) is 5.02 Å². The minimum Gasteiger partial charge on any atom is -0.471 e. The molecule has 38 heavy (non-hydrogen) atoms. The summed E-state index contributed by atoms with van der Waals surface area (Å²) in [6.07, 6.45) is -1.29. The lowest BCUT2D eigenvalue weighted by molar-refractivity contribution is 0.100. The third kappa shape index (κ3) is 5.20. The maximum absolute atomic E-state index is 13.6. The molecule has 0 bridgehead atoms. The Kier molecular flexibility index (Phi) is 7.03. The zero-order chi connectivity index (χ0) is 26.8. The topological polar surface area (TPSA) is 112 Å². The van der Waals surface area contributed by atoms with E-state index in [4.69, 9.17) is 22.1 Å². The number of amides is 2. The van der Waals surface area contributed by atoms with Gasteiger partial charge in [-0.15, -0.1) is 11.3 Å². The van der Waals surface area contributed by atoms with Crippen molar-refractivity contribution in [3.8, 4) is 16.9 Å². The summed E-state index contributed by atoms with van der Waals surface area (Å²) in [5.74, 6) is -0.939. The second-order valence-electron chi connectivity index (χ2n) is 8.04. The zero-order valence-corrected chi connectivity index (χ0v) is 21.0. The molecule has 0 fully saturated rings. The number of hydrogen-bond donors (Lipinski definition) is 2. The highest BCUT2D eigenvalue weighted by atomic mass is 35.5. The molecule has 0 spiro atoms. The SMILES string of the molecule is NC(=O)c1sc2nc(C(F)F)cc(-c3ccccc3)c2c1NC(=O)c1ccn(COc2cccc(Cl)c2)n1. The molecule has 0 radical (unpaired) electrons. The number of aromatic nitrogens is 3. The van der Waals surface area contributed by atoms with Gasteiger partial charge in [0.1, 0.15) is 21.2 Å². The molecule has 3 heterocycles. The van der Waals surface area contributed by atoms with Gasteiger partial charge < -0.3 is 15.8 Å². The molecule has 0 unspecified atom stereocenters. The van der Waals surface area contributed by atoms with Crippen LogP contribution in [0.4, 0.5) is 14.5 Å². The van der Waals surface area contributed by atoms with Gasteiger partial charge in [-0.25, -0.2) is 18.4 Å². The number of thiophene rings is 1. The number of alkyl halides is 2. The molecular weight excluding hydrogens is 536 g/mol.